The fourth-order valence-electron chi connectivity index (χ4n) is 4.35. The molecule has 1 aliphatic heterocycles. The quantitative estimate of drug-likeness (QED) is 0.748. The summed E-state index contributed by atoms with van der Waals surface area (Å²) < 4.78 is 11.2. The van der Waals surface area contributed by atoms with E-state index in [1.54, 1.807) is 18.1 Å². The van der Waals surface area contributed by atoms with Crippen LogP contribution in [0.2, 0.25) is 0 Å². The number of nitrogens with zero attached hydrogens (tertiary/aromatic N) is 1. The Hall–Kier alpha value is -2.82. The third-order valence-electron chi connectivity index (χ3n) is 5.64. The first-order valence-electron chi connectivity index (χ1n) is 9.34. The molecule has 4 rings (SSSR count). The molecule has 0 bridgehead atoms. The van der Waals surface area contributed by atoms with E-state index in [9.17, 15) is 9.59 Å². The molecule has 1 amide bonds. The van der Waals surface area contributed by atoms with Crippen LogP contribution >= 0.6 is 0 Å². The predicted molar refractivity (Wildman–Crippen MR) is 99.7 cm³/mol. The molecule has 140 valence electrons. The van der Waals surface area contributed by atoms with Crippen molar-refractivity contribution in [2.75, 3.05) is 0 Å². The number of fused-ring (bicyclic) bond motifs is 1. The van der Waals surface area contributed by atoms with Gasteiger partial charge in [-0.25, -0.2) is 4.79 Å². The van der Waals surface area contributed by atoms with Crippen molar-refractivity contribution in [3.63, 3.8) is 0 Å². The third kappa shape index (κ3) is 3.42. The fourth-order valence-corrected chi connectivity index (χ4v) is 4.35. The third-order valence-corrected chi connectivity index (χ3v) is 5.64. The molecule has 5 heteroatoms. The van der Waals surface area contributed by atoms with Gasteiger partial charge in [-0.1, -0.05) is 42.5 Å². The van der Waals surface area contributed by atoms with Gasteiger partial charge in [0.05, 0.1) is 18.3 Å². The van der Waals surface area contributed by atoms with E-state index in [4.69, 9.17) is 9.15 Å². The Morgan fingerprint density at radius 2 is 2.00 bits per heavy atom. The highest BCUT2D eigenvalue weighted by Gasteiger charge is 2.49. The van der Waals surface area contributed by atoms with Crippen molar-refractivity contribution in [1.82, 2.24) is 4.90 Å². The SMILES string of the molecule is CC(=O)[C@H]1CC=C[C@H]2[C@@H]1C[C@@H](c1ccco1)N2C(=O)OCc1ccccc1. The minimum atomic E-state index is -0.374. The summed E-state index contributed by atoms with van der Waals surface area (Å²) in [4.78, 5) is 26.9. The second-order valence-electron chi connectivity index (χ2n) is 7.25. The van der Waals surface area contributed by atoms with Crippen LogP contribution in [0.1, 0.15) is 37.1 Å². The largest absolute Gasteiger partial charge is 0.467 e. The number of allylic oxidation sites excluding steroid dienone is 1. The van der Waals surface area contributed by atoms with E-state index in [1.165, 1.54) is 0 Å². The Bertz CT molecular complexity index is 827. The lowest BCUT2D eigenvalue weighted by Crippen LogP contribution is -2.41. The molecular formula is C22H23NO4. The van der Waals surface area contributed by atoms with Crippen molar-refractivity contribution in [2.45, 2.75) is 38.5 Å². The van der Waals surface area contributed by atoms with Gasteiger partial charge >= 0.3 is 6.09 Å². The Balaban J connectivity index is 1.58. The molecule has 1 aromatic carbocycles. The van der Waals surface area contributed by atoms with Gasteiger partial charge in [-0.15, -0.1) is 0 Å². The monoisotopic (exact) mass is 365 g/mol. The number of amides is 1. The van der Waals surface area contributed by atoms with Gasteiger partial charge in [-0.2, -0.15) is 0 Å². The zero-order chi connectivity index (χ0) is 18.8. The summed E-state index contributed by atoms with van der Waals surface area (Å²) in [7, 11) is 0. The molecule has 0 N–H and O–H groups in total. The van der Waals surface area contributed by atoms with E-state index in [0.29, 0.717) is 6.42 Å². The molecule has 1 saturated heterocycles. The van der Waals surface area contributed by atoms with Crippen LogP contribution in [0.4, 0.5) is 4.79 Å². The number of rotatable bonds is 4. The summed E-state index contributed by atoms with van der Waals surface area (Å²) in [6.07, 6.45) is 6.72. The maximum atomic E-state index is 13.0. The molecule has 1 fully saturated rings. The molecule has 1 aromatic heterocycles. The highest BCUT2D eigenvalue weighted by Crippen LogP contribution is 2.47. The van der Waals surface area contributed by atoms with Crippen LogP contribution in [0.5, 0.6) is 0 Å². The minimum Gasteiger partial charge on any atom is -0.467 e. The van der Waals surface area contributed by atoms with E-state index in [-0.39, 0.29) is 42.4 Å². The van der Waals surface area contributed by atoms with Crippen molar-refractivity contribution in [1.29, 1.82) is 0 Å². The molecule has 2 aliphatic rings. The number of furan rings is 1. The summed E-state index contributed by atoms with van der Waals surface area (Å²) in [6.45, 7) is 1.86. The summed E-state index contributed by atoms with van der Waals surface area (Å²) in [6, 6.07) is 13.0. The second-order valence-corrected chi connectivity index (χ2v) is 7.25. The highest BCUT2D eigenvalue weighted by atomic mass is 16.6. The fraction of sp³-hybridized carbons (Fsp3) is 0.364. The van der Waals surface area contributed by atoms with Crippen LogP contribution in [0.3, 0.4) is 0 Å². The summed E-state index contributed by atoms with van der Waals surface area (Å²) in [5, 5.41) is 0. The van der Waals surface area contributed by atoms with Gasteiger partial charge in [-0.3, -0.25) is 9.69 Å². The van der Waals surface area contributed by atoms with Crippen LogP contribution in [-0.4, -0.2) is 22.8 Å². The summed E-state index contributed by atoms with van der Waals surface area (Å²) in [5.74, 6) is 0.931. The van der Waals surface area contributed by atoms with Gasteiger partial charge in [-0.05, 0) is 43.4 Å². The number of benzene rings is 1. The highest BCUT2D eigenvalue weighted by molar-refractivity contribution is 5.80. The average Bonchev–Trinajstić information content (AvgIpc) is 3.33. The number of carbonyl (C=O) groups is 2. The number of carbonyl (C=O) groups excluding carboxylic acids is 2. The van der Waals surface area contributed by atoms with Crippen molar-refractivity contribution in [3.8, 4) is 0 Å². The molecule has 0 radical (unpaired) electrons. The lowest BCUT2D eigenvalue weighted by atomic mass is 9.77. The topological polar surface area (TPSA) is 59.8 Å². The maximum absolute atomic E-state index is 13.0. The number of ketones is 1. The van der Waals surface area contributed by atoms with E-state index in [1.807, 2.05) is 54.6 Å². The average molecular weight is 365 g/mol. The molecule has 5 nitrogen and oxygen atoms in total. The molecule has 2 aromatic rings. The van der Waals surface area contributed by atoms with E-state index < -0.39 is 0 Å². The minimum absolute atomic E-state index is 0.0654. The van der Waals surface area contributed by atoms with Gasteiger partial charge in [0.2, 0.25) is 0 Å². The van der Waals surface area contributed by atoms with Crippen LogP contribution in [0.15, 0.2) is 65.3 Å². The summed E-state index contributed by atoms with van der Waals surface area (Å²) >= 11 is 0. The number of Topliss-reactive ketones (excluding diaryl/α,β-unsaturated/α-hetero) is 1. The van der Waals surface area contributed by atoms with Gasteiger partial charge in [0, 0.05) is 5.92 Å². The van der Waals surface area contributed by atoms with Crippen molar-refractivity contribution < 1.29 is 18.7 Å². The first-order valence-corrected chi connectivity index (χ1v) is 9.34. The first kappa shape index (κ1) is 17.6. The normalized spacial score (nSPS) is 26.6. The van der Waals surface area contributed by atoms with Crippen molar-refractivity contribution in [2.24, 2.45) is 11.8 Å². The molecule has 1 aliphatic carbocycles. The number of ether oxygens (including phenoxy) is 1. The molecule has 27 heavy (non-hydrogen) atoms. The smallest absolute Gasteiger partial charge is 0.411 e. The Kier molecular flexibility index (Phi) is 4.84. The molecule has 0 unspecified atom stereocenters. The molecule has 2 heterocycles. The lowest BCUT2D eigenvalue weighted by Gasteiger charge is -2.32. The van der Waals surface area contributed by atoms with Crippen molar-refractivity contribution >= 4 is 11.9 Å². The predicted octanol–water partition coefficient (Wildman–Crippen LogP) is 4.51. The second kappa shape index (κ2) is 7.43. The molecule has 4 atom stereocenters. The Morgan fingerprint density at radius 1 is 1.19 bits per heavy atom. The Morgan fingerprint density at radius 3 is 2.70 bits per heavy atom. The van der Waals surface area contributed by atoms with Gasteiger partial charge in [0.1, 0.15) is 18.2 Å². The van der Waals surface area contributed by atoms with E-state index >= 15 is 0 Å². The van der Waals surface area contributed by atoms with Gasteiger partial charge < -0.3 is 9.15 Å². The number of hydrogen-bond donors (Lipinski definition) is 0. The molecule has 0 spiro atoms. The zero-order valence-electron chi connectivity index (χ0n) is 15.3. The van der Waals surface area contributed by atoms with Gasteiger partial charge in [0.15, 0.2) is 0 Å². The zero-order valence-corrected chi connectivity index (χ0v) is 15.3. The Labute approximate surface area is 158 Å². The van der Waals surface area contributed by atoms with Crippen LogP contribution in [-0.2, 0) is 16.1 Å². The van der Waals surface area contributed by atoms with E-state index in [0.717, 1.165) is 17.7 Å². The standard InChI is InChI=1S/C22H23NO4/c1-15(24)17-9-5-10-19-18(17)13-20(21-11-6-12-26-21)23(19)22(25)27-14-16-7-3-2-4-8-16/h2-8,10-12,17-20H,9,13-14H2,1H3/t17-,18-,19+,20+/m1/s1. The lowest BCUT2D eigenvalue weighted by molar-refractivity contribution is -0.122. The van der Waals surface area contributed by atoms with Crippen molar-refractivity contribution in [3.05, 3.63) is 72.2 Å². The maximum Gasteiger partial charge on any atom is 0.411 e. The summed E-state index contributed by atoms with van der Waals surface area (Å²) in [5.41, 5.74) is 0.942. The van der Waals surface area contributed by atoms with E-state index in [2.05, 4.69) is 0 Å². The molecule has 0 saturated carbocycles. The van der Waals surface area contributed by atoms with Crippen LogP contribution in [0.25, 0.3) is 0 Å². The number of hydrogen-bond acceptors (Lipinski definition) is 4. The first-order chi connectivity index (χ1) is 13.1. The van der Waals surface area contributed by atoms with Crippen LogP contribution in [0, 0.1) is 11.8 Å². The number of likely N-dealkylation sites (tertiary alicyclic amines) is 1. The van der Waals surface area contributed by atoms with Gasteiger partial charge in [0.25, 0.3) is 0 Å². The molecular weight excluding hydrogens is 342 g/mol. The van der Waals surface area contributed by atoms with Crippen LogP contribution < -0.4 is 0 Å².